The van der Waals surface area contributed by atoms with Gasteiger partial charge in [0.15, 0.2) is 0 Å². The van der Waals surface area contributed by atoms with Crippen LogP contribution in [0.3, 0.4) is 0 Å². The molecule has 0 radical (unpaired) electrons. The number of aliphatic hydroxyl groups is 1. The lowest BCUT2D eigenvalue weighted by atomic mass is 9.58. The SMILES string of the molecule is CC(C)(C)C1(C(=O)CC2CC(O)C2)CCOCC1. The van der Waals surface area contributed by atoms with E-state index >= 15 is 0 Å². The van der Waals surface area contributed by atoms with Gasteiger partial charge >= 0.3 is 0 Å². The average Bonchev–Trinajstić information content (AvgIpc) is 2.26. The predicted octanol–water partition coefficient (Wildman–Crippen LogP) is 2.56. The first-order valence-electron chi connectivity index (χ1n) is 7.14. The van der Waals surface area contributed by atoms with Gasteiger partial charge in [0.05, 0.1) is 6.10 Å². The minimum absolute atomic E-state index is 0.00374. The van der Waals surface area contributed by atoms with Crippen molar-refractivity contribution in [2.24, 2.45) is 16.7 Å². The fourth-order valence-electron chi connectivity index (χ4n) is 3.49. The molecule has 2 aliphatic rings. The monoisotopic (exact) mass is 254 g/mol. The van der Waals surface area contributed by atoms with Crippen molar-refractivity contribution in [3.05, 3.63) is 0 Å². The molecule has 1 saturated carbocycles. The number of ketones is 1. The van der Waals surface area contributed by atoms with Crippen LogP contribution in [0.15, 0.2) is 0 Å². The van der Waals surface area contributed by atoms with Crippen LogP contribution < -0.4 is 0 Å². The summed E-state index contributed by atoms with van der Waals surface area (Å²) in [7, 11) is 0. The van der Waals surface area contributed by atoms with Crippen molar-refractivity contribution >= 4 is 5.78 Å². The normalized spacial score (nSPS) is 31.8. The Hall–Kier alpha value is -0.410. The highest BCUT2D eigenvalue weighted by Gasteiger charge is 2.49. The molecule has 0 atom stereocenters. The third kappa shape index (κ3) is 2.48. The highest BCUT2D eigenvalue weighted by atomic mass is 16.5. The van der Waals surface area contributed by atoms with Gasteiger partial charge in [-0.15, -0.1) is 0 Å². The first kappa shape index (κ1) is 14.0. The molecule has 2 rings (SSSR count). The molecule has 3 nitrogen and oxygen atoms in total. The van der Waals surface area contributed by atoms with E-state index in [-0.39, 0.29) is 16.9 Å². The lowest BCUT2D eigenvalue weighted by Crippen LogP contribution is -2.48. The van der Waals surface area contributed by atoms with E-state index in [1.54, 1.807) is 0 Å². The van der Waals surface area contributed by atoms with E-state index in [4.69, 9.17) is 4.74 Å². The fourth-order valence-corrected chi connectivity index (χ4v) is 3.49. The molecule has 1 N–H and O–H groups in total. The molecule has 0 amide bonds. The van der Waals surface area contributed by atoms with Crippen molar-refractivity contribution < 1.29 is 14.6 Å². The summed E-state index contributed by atoms with van der Waals surface area (Å²) in [5, 5.41) is 9.33. The topological polar surface area (TPSA) is 46.5 Å². The van der Waals surface area contributed by atoms with E-state index in [0.29, 0.717) is 31.3 Å². The van der Waals surface area contributed by atoms with Gasteiger partial charge in [0, 0.05) is 25.0 Å². The number of hydrogen-bond acceptors (Lipinski definition) is 3. The van der Waals surface area contributed by atoms with Crippen molar-refractivity contribution in [1.29, 1.82) is 0 Å². The van der Waals surface area contributed by atoms with Crippen LogP contribution in [0.25, 0.3) is 0 Å². The van der Waals surface area contributed by atoms with E-state index in [1.807, 2.05) is 0 Å². The predicted molar refractivity (Wildman–Crippen MR) is 70.3 cm³/mol. The molecular formula is C15H26O3. The molecule has 3 heteroatoms. The summed E-state index contributed by atoms with van der Waals surface area (Å²) in [5.74, 6) is 0.810. The summed E-state index contributed by atoms with van der Waals surface area (Å²) >= 11 is 0. The van der Waals surface area contributed by atoms with E-state index in [0.717, 1.165) is 25.7 Å². The van der Waals surface area contributed by atoms with Crippen LogP contribution in [0.1, 0.15) is 52.9 Å². The number of carbonyl (C=O) groups excluding carboxylic acids is 1. The van der Waals surface area contributed by atoms with E-state index < -0.39 is 0 Å². The molecule has 0 aromatic heterocycles. The zero-order valence-corrected chi connectivity index (χ0v) is 11.9. The molecule has 2 fully saturated rings. The Bertz CT molecular complexity index is 304. The van der Waals surface area contributed by atoms with Gasteiger partial charge in [-0.2, -0.15) is 0 Å². The van der Waals surface area contributed by atoms with Gasteiger partial charge in [0.1, 0.15) is 5.78 Å². The summed E-state index contributed by atoms with van der Waals surface area (Å²) < 4.78 is 5.44. The summed E-state index contributed by atoms with van der Waals surface area (Å²) in [5.41, 5.74) is -0.220. The molecular weight excluding hydrogens is 228 g/mol. The first-order valence-corrected chi connectivity index (χ1v) is 7.14. The molecule has 0 bridgehead atoms. The quantitative estimate of drug-likeness (QED) is 0.842. The highest BCUT2D eigenvalue weighted by Crippen LogP contribution is 2.49. The van der Waals surface area contributed by atoms with Gasteiger partial charge in [-0.3, -0.25) is 4.79 Å². The maximum absolute atomic E-state index is 12.7. The van der Waals surface area contributed by atoms with Crippen molar-refractivity contribution in [2.75, 3.05) is 13.2 Å². The lowest BCUT2D eigenvalue weighted by Gasteiger charge is -2.47. The van der Waals surface area contributed by atoms with Gasteiger partial charge in [0.2, 0.25) is 0 Å². The van der Waals surface area contributed by atoms with Gasteiger partial charge in [0.25, 0.3) is 0 Å². The van der Waals surface area contributed by atoms with Crippen LogP contribution in [-0.4, -0.2) is 30.2 Å². The Morgan fingerprint density at radius 2 is 1.83 bits per heavy atom. The standard InChI is InChI=1S/C15H26O3/c1-14(2,3)15(4-6-18-7-5-15)13(17)10-11-8-12(16)9-11/h11-12,16H,4-10H2,1-3H3. The van der Waals surface area contributed by atoms with Crippen LogP contribution in [0.2, 0.25) is 0 Å². The molecule has 0 aromatic rings. The first-order chi connectivity index (χ1) is 8.35. The minimum atomic E-state index is -0.216. The maximum Gasteiger partial charge on any atom is 0.140 e. The van der Waals surface area contributed by atoms with Crippen molar-refractivity contribution in [3.63, 3.8) is 0 Å². The number of aliphatic hydroxyl groups excluding tert-OH is 1. The second-order valence-corrected chi connectivity index (χ2v) is 7.06. The molecule has 0 unspecified atom stereocenters. The van der Waals surface area contributed by atoms with Crippen LogP contribution in [-0.2, 0) is 9.53 Å². The fraction of sp³-hybridized carbons (Fsp3) is 0.933. The smallest absolute Gasteiger partial charge is 0.140 e. The van der Waals surface area contributed by atoms with Crippen molar-refractivity contribution in [3.8, 4) is 0 Å². The van der Waals surface area contributed by atoms with Gasteiger partial charge in [-0.25, -0.2) is 0 Å². The lowest BCUT2D eigenvalue weighted by molar-refractivity contribution is -0.146. The second kappa shape index (κ2) is 4.93. The van der Waals surface area contributed by atoms with E-state index in [2.05, 4.69) is 20.8 Å². The number of ether oxygens (including phenoxy) is 1. The molecule has 1 aliphatic heterocycles. The van der Waals surface area contributed by atoms with Crippen molar-refractivity contribution in [1.82, 2.24) is 0 Å². The van der Waals surface area contributed by atoms with Crippen LogP contribution in [0, 0.1) is 16.7 Å². The zero-order chi connectivity index (χ0) is 13.4. The third-order valence-electron chi connectivity index (χ3n) is 5.00. The molecule has 0 aromatic carbocycles. The Morgan fingerprint density at radius 3 is 2.28 bits per heavy atom. The Labute approximate surface area is 110 Å². The zero-order valence-electron chi connectivity index (χ0n) is 11.9. The number of Topliss-reactive ketones (excluding diaryl/α,β-unsaturated/α-hetero) is 1. The summed E-state index contributed by atoms with van der Waals surface area (Å²) in [6.45, 7) is 7.93. The molecule has 1 heterocycles. The van der Waals surface area contributed by atoms with E-state index in [1.165, 1.54) is 0 Å². The summed E-state index contributed by atoms with van der Waals surface area (Å²) in [4.78, 5) is 12.7. The number of carbonyl (C=O) groups is 1. The maximum atomic E-state index is 12.7. The molecule has 1 saturated heterocycles. The Balaban J connectivity index is 2.06. The summed E-state index contributed by atoms with van der Waals surface area (Å²) in [6, 6.07) is 0. The molecule has 104 valence electrons. The Kier molecular flexibility index (Phi) is 3.84. The second-order valence-electron chi connectivity index (χ2n) is 7.06. The average molecular weight is 254 g/mol. The van der Waals surface area contributed by atoms with Crippen LogP contribution >= 0.6 is 0 Å². The van der Waals surface area contributed by atoms with E-state index in [9.17, 15) is 9.90 Å². The number of rotatable bonds is 3. The van der Waals surface area contributed by atoms with Crippen LogP contribution in [0.4, 0.5) is 0 Å². The van der Waals surface area contributed by atoms with Gasteiger partial charge in [-0.05, 0) is 37.0 Å². The molecule has 18 heavy (non-hydrogen) atoms. The van der Waals surface area contributed by atoms with Crippen LogP contribution in [0.5, 0.6) is 0 Å². The minimum Gasteiger partial charge on any atom is -0.393 e. The summed E-state index contributed by atoms with van der Waals surface area (Å²) in [6.07, 6.45) is 3.80. The third-order valence-corrected chi connectivity index (χ3v) is 5.00. The Morgan fingerprint density at radius 1 is 1.28 bits per heavy atom. The van der Waals surface area contributed by atoms with Crippen molar-refractivity contribution in [2.45, 2.75) is 59.0 Å². The molecule has 1 aliphatic carbocycles. The largest absolute Gasteiger partial charge is 0.393 e. The van der Waals surface area contributed by atoms with Gasteiger partial charge in [-0.1, -0.05) is 20.8 Å². The molecule has 0 spiro atoms. The number of hydrogen-bond donors (Lipinski definition) is 1. The highest BCUT2D eigenvalue weighted by molar-refractivity contribution is 5.86. The van der Waals surface area contributed by atoms with Gasteiger partial charge < -0.3 is 9.84 Å².